The highest BCUT2D eigenvalue weighted by molar-refractivity contribution is 5.83. The van der Waals surface area contributed by atoms with E-state index >= 15 is 0 Å². The van der Waals surface area contributed by atoms with E-state index < -0.39 is 12.1 Å². The Morgan fingerprint density at radius 2 is 2.00 bits per heavy atom. The van der Waals surface area contributed by atoms with Gasteiger partial charge in [0.1, 0.15) is 0 Å². The molecule has 1 heterocycles. The van der Waals surface area contributed by atoms with Crippen molar-refractivity contribution in [3.8, 4) is 0 Å². The Bertz CT molecular complexity index is 296. The highest BCUT2D eigenvalue weighted by atomic mass is 16.6. The predicted molar refractivity (Wildman–Crippen MR) is 58.0 cm³/mol. The minimum Gasteiger partial charge on any atom is -0.388 e. The molecule has 0 bridgehead atoms. The van der Waals surface area contributed by atoms with Gasteiger partial charge in [-0.05, 0) is 18.8 Å². The Morgan fingerprint density at radius 1 is 1.44 bits per heavy atom. The van der Waals surface area contributed by atoms with Crippen molar-refractivity contribution in [2.45, 2.75) is 26.2 Å². The molecule has 0 aromatic heterocycles. The Morgan fingerprint density at radius 3 is 2.44 bits per heavy atom. The number of amidine groups is 1. The van der Waals surface area contributed by atoms with Gasteiger partial charge < -0.3 is 15.4 Å². The molecule has 0 aliphatic carbocycles. The molecule has 6 heteroatoms. The summed E-state index contributed by atoms with van der Waals surface area (Å²) in [6, 6.07) is 0. The standard InChI is InChI=1S/C10H17N3O3/c1-7(14)16-10(15)13-4-2-8(3-5-13)6-9(11)12/h8H,2-6H2,1H3,(H3,11,12). The van der Waals surface area contributed by atoms with Crippen molar-refractivity contribution >= 4 is 17.9 Å². The van der Waals surface area contributed by atoms with Crippen LogP contribution in [0.2, 0.25) is 0 Å². The fraction of sp³-hybridized carbons (Fsp3) is 0.700. The molecular weight excluding hydrogens is 210 g/mol. The van der Waals surface area contributed by atoms with Gasteiger partial charge in [-0.2, -0.15) is 0 Å². The Kier molecular flexibility index (Phi) is 4.28. The number of ether oxygens (including phenoxy) is 1. The summed E-state index contributed by atoms with van der Waals surface area (Å²) in [5.41, 5.74) is 5.32. The molecule has 6 nitrogen and oxygen atoms in total. The molecule has 0 aromatic carbocycles. The average molecular weight is 227 g/mol. The zero-order valence-electron chi connectivity index (χ0n) is 9.36. The minimum absolute atomic E-state index is 0.185. The Labute approximate surface area is 94.2 Å². The van der Waals surface area contributed by atoms with E-state index in [1.165, 1.54) is 11.8 Å². The fourth-order valence-corrected chi connectivity index (χ4v) is 1.82. The van der Waals surface area contributed by atoms with Crippen molar-refractivity contribution in [1.82, 2.24) is 4.90 Å². The number of piperidine rings is 1. The van der Waals surface area contributed by atoms with Crippen LogP contribution in [0, 0.1) is 11.3 Å². The van der Waals surface area contributed by atoms with Crippen LogP contribution < -0.4 is 5.73 Å². The van der Waals surface area contributed by atoms with Crippen LogP contribution in [0.3, 0.4) is 0 Å². The third-order valence-corrected chi connectivity index (χ3v) is 2.61. The molecule has 1 aliphatic heterocycles. The Balaban J connectivity index is 2.34. The van der Waals surface area contributed by atoms with Crippen LogP contribution in [0.15, 0.2) is 0 Å². The second kappa shape index (κ2) is 5.48. The van der Waals surface area contributed by atoms with Crippen LogP contribution in [0.1, 0.15) is 26.2 Å². The van der Waals surface area contributed by atoms with Gasteiger partial charge in [-0.1, -0.05) is 0 Å². The Hall–Kier alpha value is -1.59. The number of amides is 1. The number of hydrogen-bond donors (Lipinski definition) is 2. The summed E-state index contributed by atoms with van der Waals surface area (Å²) in [5, 5.41) is 7.19. The van der Waals surface area contributed by atoms with Gasteiger partial charge in [0.15, 0.2) is 0 Å². The quantitative estimate of drug-likeness (QED) is 0.314. The largest absolute Gasteiger partial charge is 0.417 e. The van der Waals surface area contributed by atoms with Crippen molar-refractivity contribution in [1.29, 1.82) is 5.41 Å². The number of nitrogens with one attached hydrogen (secondary N) is 1. The van der Waals surface area contributed by atoms with E-state index in [4.69, 9.17) is 11.1 Å². The van der Waals surface area contributed by atoms with Gasteiger partial charge in [0.25, 0.3) is 0 Å². The molecule has 0 atom stereocenters. The molecule has 1 rings (SSSR count). The van der Waals surface area contributed by atoms with Crippen LogP contribution in [-0.4, -0.2) is 35.9 Å². The number of carbonyl (C=O) groups excluding carboxylic acids is 2. The van der Waals surface area contributed by atoms with Gasteiger partial charge in [0.2, 0.25) is 0 Å². The summed E-state index contributed by atoms with van der Waals surface area (Å²) in [6.45, 7) is 2.33. The number of nitrogens with two attached hydrogens (primary N) is 1. The van der Waals surface area contributed by atoms with Gasteiger partial charge in [0, 0.05) is 26.4 Å². The maximum Gasteiger partial charge on any atom is 0.417 e. The predicted octanol–water partition coefficient (Wildman–Crippen LogP) is 0.708. The summed E-state index contributed by atoms with van der Waals surface area (Å²) in [5.74, 6) is -0.0421. The van der Waals surface area contributed by atoms with E-state index in [9.17, 15) is 9.59 Å². The van der Waals surface area contributed by atoms with Crippen molar-refractivity contribution in [2.24, 2.45) is 11.7 Å². The van der Waals surface area contributed by atoms with Gasteiger partial charge >= 0.3 is 12.1 Å². The lowest BCUT2D eigenvalue weighted by Crippen LogP contribution is -2.40. The molecule has 1 amide bonds. The third-order valence-electron chi connectivity index (χ3n) is 2.61. The molecule has 3 N–H and O–H groups in total. The SMILES string of the molecule is CC(=O)OC(=O)N1CCC(CC(=N)N)CC1. The number of carbonyl (C=O) groups is 2. The number of likely N-dealkylation sites (tertiary alicyclic amines) is 1. The first-order valence-corrected chi connectivity index (χ1v) is 5.29. The molecule has 0 saturated carbocycles. The molecule has 90 valence electrons. The maximum atomic E-state index is 11.4. The summed E-state index contributed by atoms with van der Waals surface area (Å²) in [4.78, 5) is 23.5. The lowest BCUT2D eigenvalue weighted by Gasteiger charge is -2.30. The van der Waals surface area contributed by atoms with Crippen LogP contribution in [-0.2, 0) is 9.53 Å². The normalized spacial score (nSPS) is 16.9. The second-order valence-electron chi connectivity index (χ2n) is 4.02. The molecule has 0 unspecified atom stereocenters. The lowest BCUT2D eigenvalue weighted by molar-refractivity contribution is -0.135. The minimum atomic E-state index is -0.587. The number of rotatable bonds is 2. The number of esters is 1. The third kappa shape index (κ3) is 3.88. The maximum absolute atomic E-state index is 11.4. The van der Waals surface area contributed by atoms with E-state index in [-0.39, 0.29) is 5.84 Å². The average Bonchev–Trinajstić information content (AvgIpc) is 2.16. The zero-order valence-corrected chi connectivity index (χ0v) is 9.36. The monoisotopic (exact) mass is 227 g/mol. The molecule has 1 fully saturated rings. The van der Waals surface area contributed by atoms with Gasteiger partial charge in [-0.3, -0.25) is 10.2 Å². The number of hydrogen-bond acceptors (Lipinski definition) is 4. The van der Waals surface area contributed by atoms with Crippen LogP contribution in [0.4, 0.5) is 4.79 Å². The van der Waals surface area contributed by atoms with Crippen molar-refractivity contribution in [3.05, 3.63) is 0 Å². The van der Waals surface area contributed by atoms with Crippen molar-refractivity contribution in [3.63, 3.8) is 0 Å². The van der Waals surface area contributed by atoms with E-state index in [1.54, 1.807) is 0 Å². The van der Waals surface area contributed by atoms with E-state index in [0.29, 0.717) is 25.4 Å². The molecule has 0 radical (unpaired) electrons. The topological polar surface area (TPSA) is 96.5 Å². The highest BCUT2D eigenvalue weighted by Gasteiger charge is 2.24. The van der Waals surface area contributed by atoms with Gasteiger partial charge in [0.05, 0.1) is 5.84 Å². The van der Waals surface area contributed by atoms with E-state index in [0.717, 1.165) is 12.8 Å². The second-order valence-corrected chi connectivity index (χ2v) is 4.02. The summed E-state index contributed by atoms with van der Waals surface area (Å²) < 4.78 is 4.49. The van der Waals surface area contributed by atoms with Crippen LogP contribution >= 0.6 is 0 Å². The highest BCUT2D eigenvalue weighted by Crippen LogP contribution is 2.20. The first-order chi connectivity index (χ1) is 7.49. The van der Waals surface area contributed by atoms with Crippen LogP contribution in [0.25, 0.3) is 0 Å². The molecular formula is C10H17N3O3. The van der Waals surface area contributed by atoms with E-state index in [2.05, 4.69) is 4.74 Å². The summed E-state index contributed by atoms with van der Waals surface area (Å²) >= 11 is 0. The molecule has 0 aromatic rings. The molecule has 1 saturated heterocycles. The van der Waals surface area contributed by atoms with Crippen molar-refractivity contribution < 1.29 is 14.3 Å². The smallest absolute Gasteiger partial charge is 0.388 e. The summed E-state index contributed by atoms with van der Waals surface area (Å²) in [6.07, 6.45) is 1.60. The van der Waals surface area contributed by atoms with Gasteiger partial charge in [-0.15, -0.1) is 0 Å². The first-order valence-electron chi connectivity index (χ1n) is 5.29. The summed E-state index contributed by atoms with van der Waals surface area (Å²) in [7, 11) is 0. The van der Waals surface area contributed by atoms with E-state index in [1.807, 2.05) is 0 Å². The molecule has 1 aliphatic rings. The number of nitrogens with zero attached hydrogens (tertiary/aromatic N) is 1. The fourth-order valence-electron chi connectivity index (χ4n) is 1.82. The van der Waals surface area contributed by atoms with Crippen LogP contribution in [0.5, 0.6) is 0 Å². The van der Waals surface area contributed by atoms with Gasteiger partial charge in [-0.25, -0.2) is 4.79 Å². The van der Waals surface area contributed by atoms with Crippen molar-refractivity contribution in [2.75, 3.05) is 13.1 Å². The molecule has 16 heavy (non-hydrogen) atoms. The lowest BCUT2D eigenvalue weighted by atomic mass is 9.93. The molecule has 0 spiro atoms. The first kappa shape index (κ1) is 12.5. The zero-order chi connectivity index (χ0) is 12.1.